The van der Waals surface area contributed by atoms with Crippen LogP contribution in [0.3, 0.4) is 0 Å². The number of hydrogen-bond donors (Lipinski definition) is 0. The van der Waals surface area contributed by atoms with Gasteiger partial charge in [0.2, 0.25) is 17.7 Å². The highest BCUT2D eigenvalue weighted by molar-refractivity contribution is 7.99. The van der Waals surface area contributed by atoms with Gasteiger partial charge in [0.15, 0.2) is 0 Å². The van der Waals surface area contributed by atoms with Crippen LogP contribution in [-0.4, -0.2) is 26.1 Å². The summed E-state index contributed by atoms with van der Waals surface area (Å²) in [6.07, 6.45) is 7.65. The Morgan fingerprint density at radius 2 is 1.91 bits per heavy atom. The molecule has 2 heterocycles. The van der Waals surface area contributed by atoms with Gasteiger partial charge in [0.05, 0.1) is 12.2 Å². The zero-order chi connectivity index (χ0) is 22.2. The number of allylic oxidation sites excluding steroid dienone is 5. The minimum Gasteiger partial charge on any atom is -0.420 e. The molecule has 0 saturated heterocycles. The minimum absolute atomic E-state index is 0.376. The maximum Gasteiger partial charge on any atom is 0.277 e. The van der Waals surface area contributed by atoms with E-state index in [-0.39, 0.29) is 0 Å². The third-order valence-electron chi connectivity index (χ3n) is 4.50. The zero-order valence-corrected chi connectivity index (χ0v) is 18.3. The topological polar surface area (TPSA) is 77.8 Å². The van der Waals surface area contributed by atoms with Crippen molar-refractivity contribution in [3.63, 3.8) is 0 Å². The summed E-state index contributed by atoms with van der Waals surface area (Å²) >= 11 is 1.39. The molecule has 2 aromatic heterocycles. The first kappa shape index (κ1) is 21.3. The van der Waals surface area contributed by atoms with Gasteiger partial charge in [-0.3, -0.25) is 0 Å². The third-order valence-corrected chi connectivity index (χ3v) is 5.20. The van der Waals surface area contributed by atoms with E-state index in [4.69, 9.17) is 8.83 Å². The Morgan fingerprint density at radius 1 is 1.03 bits per heavy atom. The standard InChI is InChI=1S/C25H20N4O2S/c1-3-5-11-18(4-2)23-27-26-22(30-23)16-8-9-17-32-25-29-28-24(31-25)21-15-10-13-19-12-6-7-14-20(19)21/h3-7,10-15H,1,16-17H2,2H3. The fourth-order valence-corrected chi connectivity index (χ4v) is 3.51. The number of rotatable bonds is 7. The molecule has 158 valence electrons. The summed E-state index contributed by atoms with van der Waals surface area (Å²) in [5.41, 5.74) is 1.76. The third kappa shape index (κ3) is 5.05. The summed E-state index contributed by atoms with van der Waals surface area (Å²) in [6.45, 7) is 5.57. The second kappa shape index (κ2) is 10.4. The number of hydrogen-bond acceptors (Lipinski definition) is 7. The van der Waals surface area contributed by atoms with Crippen LogP contribution < -0.4 is 0 Å². The highest BCUT2D eigenvalue weighted by Crippen LogP contribution is 2.29. The van der Waals surface area contributed by atoms with Gasteiger partial charge in [-0.15, -0.1) is 20.4 Å². The Labute approximate surface area is 190 Å². The first-order valence-electron chi connectivity index (χ1n) is 9.97. The lowest BCUT2D eigenvalue weighted by Gasteiger charge is -2.01. The van der Waals surface area contributed by atoms with E-state index in [1.165, 1.54) is 11.8 Å². The van der Waals surface area contributed by atoms with Crippen molar-refractivity contribution in [1.29, 1.82) is 0 Å². The maximum atomic E-state index is 5.83. The molecule has 6 nitrogen and oxygen atoms in total. The molecular weight excluding hydrogens is 420 g/mol. The van der Waals surface area contributed by atoms with Crippen LogP contribution in [-0.2, 0) is 6.42 Å². The Bertz CT molecular complexity index is 1350. The molecule has 0 atom stereocenters. The highest BCUT2D eigenvalue weighted by atomic mass is 32.2. The lowest BCUT2D eigenvalue weighted by molar-refractivity contribution is 0.466. The van der Waals surface area contributed by atoms with Crippen molar-refractivity contribution in [1.82, 2.24) is 20.4 Å². The first-order valence-corrected chi connectivity index (χ1v) is 11.0. The lowest BCUT2D eigenvalue weighted by Crippen LogP contribution is -1.81. The monoisotopic (exact) mass is 440 g/mol. The summed E-state index contributed by atoms with van der Waals surface area (Å²) in [4.78, 5) is 0. The molecule has 0 aliphatic heterocycles. The van der Waals surface area contributed by atoms with Crippen molar-refractivity contribution in [2.45, 2.75) is 18.6 Å². The Hall–Kier alpha value is -3.89. The summed E-state index contributed by atoms with van der Waals surface area (Å²) in [5.74, 6) is 8.05. The average molecular weight is 441 g/mol. The summed E-state index contributed by atoms with van der Waals surface area (Å²) in [5, 5.41) is 19.1. The van der Waals surface area contributed by atoms with E-state index >= 15 is 0 Å². The molecule has 0 aliphatic rings. The molecule has 0 radical (unpaired) electrons. The molecule has 4 rings (SSSR count). The number of aromatic nitrogens is 4. The number of benzene rings is 2. The normalized spacial score (nSPS) is 11.6. The van der Waals surface area contributed by atoms with Crippen LogP contribution in [0.5, 0.6) is 0 Å². The summed E-state index contributed by atoms with van der Waals surface area (Å²) in [7, 11) is 0. The van der Waals surface area contributed by atoms with Crippen LogP contribution >= 0.6 is 11.8 Å². The molecule has 7 heteroatoms. The Morgan fingerprint density at radius 3 is 2.78 bits per heavy atom. The molecule has 0 N–H and O–H groups in total. The fraction of sp³-hybridized carbons (Fsp3) is 0.120. The van der Waals surface area contributed by atoms with E-state index in [1.54, 1.807) is 6.08 Å². The van der Waals surface area contributed by atoms with E-state index in [0.717, 1.165) is 21.9 Å². The lowest BCUT2D eigenvalue weighted by atomic mass is 10.0. The van der Waals surface area contributed by atoms with Gasteiger partial charge >= 0.3 is 0 Å². The molecule has 0 amide bonds. The van der Waals surface area contributed by atoms with Gasteiger partial charge < -0.3 is 8.83 Å². The Balaban J connectivity index is 1.34. The van der Waals surface area contributed by atoms with E-state index in [0.29, 0.717) is 35.1 Å². The van der Waals surface area contributed by atoms with E-state index in [1.807, 2.05) is 55.5 Å². The van der Waals surface area contributed by atoms with Crippen molar-refractivity contribution in [3.05, 3.63) is 85.1 Å². The molecule has 4 aromatic rings. The number of fused-ring (bicyclic) bond motifs is 1. The summed E-state index contributed by atoms with van der Waals surface area (Å²) < 4.78 is 11.5. The predicted molar refractivity (Wildman–Crippen MR) is 127 cm³/mol. The SMILES string of the molecule is C=CC=CC(=CC)c1nnc(CC#CCSc2nnc(-c3cccc4ccccc34)o2)o1. The second-order valence-electron chi connectivity index (χ2n) is 6.56. The molecule has 0 fully saturated rings. The van der Waals surface area contributed by atoms with Crippen molar-refractivity contribution in [2.75, 3.05) is 5.75 Å². The van der Waals surface area contributed by atoms with Gasteiger partial charge in [0.1, 0.15) is 0 Å². The van der Waals surface area contributed by atoms with Crippen LogP contribution in [0, 0.1) is 11.8 Å². The Kier molecular flexibility index (Phi) is 6.95. The van der Waals surface area contributed by atoms with Crippen LogP contribution in [0.25, 0.3) is 27.8 Å². The summed E-state index contributed by atoms with van der Waals surface area (Å²) in [6, 6.07) is 14.1. The fourth-order valence-electron chi connectivity index (χ4n) is 2.98. The minimum atomic E-state index is 0.376. The van der Waals surface area contributed by atoms with Gasteiger partial charge in [-0.1, -0.05) is 84.8 Å². The molecule has 0 saturated carbocycles. The van der Waals surface area contributed by atoms with E-state index in [2.05, 4.69) is 50.9 Å². The van der Waals surface area contributed by atoms with Crippen LogP contribution in [0.15, 0.2) is 87.4 Å². The van der Waals surface area contributed by atoms with Gasteiger partial charge in [0, 0.05) is 11.1 Å². The predicted octanol–water partition coefficient (Wildman–Crippen LogP) is 5.76. The molecular formula is C25H20N4O2S. The molecule has 0 aliphatic carbocycles. The van der Waals surface area contributed by atoms with Gasteiger partial charge in [-0.2, -0.15) is 0 Å². The zero-order valence-electron chi connectivity index (χ0n) is 17.5. The van der Waals surface area contributed by atoms with Crippen molar-refractivity contribution in [3.8, 4) is 23.3 Å². The smallest absolute Gasteiger partial charge is 0.277 e. The maximum absolute atomic E-state index is 5.83. The van der Waals surface area contributed by atoms with Gasteiger partial charge in [-0.25, -0.2) is 0 Å². The van der Waals surface area contributed by atoms with Gasteiger partial charge in [-0.05, 0) is 29.8 Å². The molecule has 2 aromatic carbocycles. The molecule has 0 spiro atoms. The second-order valence-corrected chi connectivity index (χ2v) is 7.49. The quantitative estimate of drug-likeness (QED) is 0.205. The molecule has 32 heavy (non-hydrogen) atoms. The van der Waals surface area contributed by atoms with Gasteiger partial charge in [0.25, 0.3) is 5.22 Å². The van der Waals surface area contributed by atoms with Crippen molar-refractivity contribution in [2.24, 2.45) is 0 Å². The van der Waals surface area contributed by atoms with E-state index in [9.17, 15) is 0 Å². The molecule has 0 bridgehead atoms. The first-order chi connectivity index (χ1) is 15.8. The van der Waals surface area contributed by atoms with E-state index < -0.39 is 0 Å². The average Bonchev–Trinajstić information content (AvgIpc) is 3.49. The number of thioether (sulfide) groups is 1. The molecule has 0 unspecified atom stereocenters. The van der Waals surface area contributed by atoms with Crippen LogP contribution in [0.4, 0.5) is 0 Å². The highest BCUT2D eigenvalue weighted by Gasteiger charge is 2.11. The largest absolute Gasteiger partial charge is 0.420 e. The van der Waals surface area contributed by atoms with Crippen molar-refractivity contribution >= 4 is 28.1 Å². The number of nitrogens with zero attached hydrogens (tertiary/aromatic N) is 4. The van der Waals surface area contributed by atoms with Crippen LogP contribution in [0.1, 0.15) is 18.7 Å². The van der Waals surface area contributed by atoms with Crippen LogP contribution in [0.2, 0.25) is 0 Å². The van der Waals surface area contributed by atoms with Crippen molar-refractivity contribution < 1.29 is 8.83 Å².